The van der Waals surface area contributed by atoms with E-state index in [1.165, 1.54) is 0 Å². The van der Waals surface area contributed by atoms with Crippen molar-refractivity contribution in [3.05, 3.63) is 35.9 Å². The van der Waals surface area contributed by atoms with Crippen molar-refractivity contribution in [3.63, 3.8) is 0 Å². The first-order chi connectivity index (χ1) is 7.27. The highest BCUT2D eigenvalue weighted by Crippen LogP contribution is 2.19. The summed E-state index contributed by atoms with van der Waals surface area (Å²) in [5.74, 6) is 0.103. The molecule has 0 amide bonds. The topological polar surface area (TPSA) is 26.3 Å². The molecule has 0 aliphatic carbocycles. The summed E-state index contributed by atoms with van der Waals surface area (Å²) in [4.78, 5) is 11.3. The van der Waals surface area contributed by atoms with Gasteiger partial charge in [-0.1, -0.05) is 37.3 Å². The standard InChI is InChI=1S/C12H15ClO2/c1-2-6-12(14)15-11(9-13)10-7-4-3-5-8-10/h3-5,7-8,11H,2,6,9H2,1H3/t11-/m1/s1. The molecule has 1 aromatic carbocycles. The second-order valence-electron chi connectivity index (χ2n) is 3.29. The first-order valence-corrected chi connectivity index (χ1v) is 5.61. The summed E-state index contributed by atoms with van der Waals surface area (Å²) in [5, 5.41) is 0. The summed E-state index contributed by atoms with van der Waals surface area (Å²) in [5.41, 5.74) is 0.942. The zero-order valence-corrected chi connectivity index (χ0v) is 9.54. The minimum absolute atomic E-state index is 0.188. The van der Waals surface area contributed by atoms with Crippen LogP contribution in [0.3, 0.4) is 0 Å². The summed E-state index contributed by atoms with van der Waals surface area (Å²) >= 11 is 5.77. The van der Waals surface area contributed by atoms with Crippen LogP contribution >= 0.6 is 11.6 Å². The Balaban J connectivity index is 2.61. The number of carbonyl (C=O) groups excluding carboxylic acids is 1. The smallest absolute Gasteiger partial charge is 0.306 e. The maximum Gasteiger partial charge on any atom is 0.306 e. The Bertz CT molecular complexity index is 298. The summed E-state index contributed by atoms with van der Waals surface area (Å²) in [7, 11) is 0. The van der Waals surface area contributed by atoms with Gasteiger partial charge in [-0.2, -0.15) is 0 Å². The van der Waals surface area contributed by atoms with Crippen molar-refractivity contribution in [1.82, 2.24) is 0 Å². The molecule has 0 spiro atoms. The number of hydrogen-bond acceptors (Lipinski definition) is 2. The Kier molecular flexibility index (Phi) is 5.19. The normalized spacial score (nSPS) is 12.1. The van der Waals surface area contributed by atoms with E-state index in [0.29, 0.717) is 12.3 Å². The lowest BCUT2D eigenvalue weighted by atomic mass is 10.1. The molecule has 82 valence electrons. The largest absolute Gasteiger partial charge is 0.456 e. The number of carbonyl (C=O) groups is 1. The first kappa shape index (κ1) is 12.1. The summed E-state index contributed by atoms with van der Waals surface area (Å²) < 4.78 is 5.26. The molecule has 2 nitrogen and oxygen atoms in total. The van der Waals surface area contributed by atoms with E-state index in [9.17, 15) is 4.79 Å². The molecule has 0 unspecified atom stereocenters. The fraction of sp³-hybridized carbons (Fsp3) is 0.417. The van der Waals surface area contributed by atoms with E-state index in [4.69, 9.17) is 16.3 Å². The highest BCUT2D eigenvalue weighted by Gasteiger charge is 2.14. The molecule has 0 aliphatic heterocycles. The molecule has 0 saturated heterocycles. The zero-order valence-electron chi connectivity index (χ0n) is 8.78. The van der Waals surface area contributed by atoms with E-state index in [-0.39, 0.29) is 12.1 Å². The molecule has 0 fully saturated rings. The molecule has 0 aromatic heterocycles. The number of alkyl halides is 1. The number of hydrogen-bond donors (Lipinski definition) is 0. The first-order valence-electron chi connectivity index (χ1n) is 5.08. The van der Waals surface area contributed by atoms with Gasteiger partial charge in [-0.25, -0.2) is 0 Å². The minimum atomic E-state index is -0.327. The van der Waals surface area contributed by atoms with E-state index in [2.05, 4.69) is 0 Å². The maximum absolute atomic E-state index is 11.3. The fourth-order valence-electron chi connectivity index (χ4n) is 1.28. The third-order valence-corrected chi connectivity index (χ3v) is 2.32. The molecule has 1 aromatic rings. The van der Waals surface area contributed by atoms with Gasteiger partial charge in [0.2, 0.25) is 0 Å². The molecule has 0 aliphatic rings. The summed E-state index contributed by atoms with van der Waals surface area (Å²) in [6, 6.07) is 9.55. The van der Waals surface area contributed by atoms with E-state index in [0.717, 1.165) is 12.0 Å². The van der Waals surface area contributed by atoms with Gasteiger partial charge in [0, 0.05) is 6.42 Å². The lowest BCUT2D eigenvalue weighted by Gasteiger charge is -2.15. The van der Waals surface area contributed by atoms with Crippen LogP contribution in [0.5, 0.6) is 0 Å². The van der Waals surface area contributed by atoms with Crippen molar-refractivity contribution < 1.29 is 9.53 Å². The van der Waals surface area contributed by atoms with E-state index in [1.807, 2.05) is 37.3 Å². The van der Waals surface area contributed by atoms with Gasteiger partial charge in [0.05, 0.1) is 5.88 Å². The van der Waals surface area contributed by atoms with Crippen molar-refractivity contribution >= 4 is 17.6 Å². The molecule has 3 heteroatoms. The van der Waals surface area contributed by atoms with Crippen LogP contribution in [0, 0.1) is 0 Å². The average Bonchev–Trinajstić information content (AvgIpc) is 2.27. The number of rotatable bonds is 5. The van der Waals surface area contributed by atoms with Gasteiger partial charge >= 0.3 is 5.97 Å². The Labute approximate surface area is 95.2 Å². The molecule has 0 bridgehead atoms. The average molecular weight is 227 g/mol. The van der Waals surface area contributed by atoms with Gasteiger partial charge in [-0.15, -0.1) is 11.6 Å². The van der Waals surface area contributed by atoms with Crippen LogP contribution < -0.4 is 0 Å². The van der Waals surface area contributed by atoms with E-state index >= 15 is 0 Å². The van der Waals surface area contributed by atoms with Crippen LogP contribution in [-0.4, -0.2) is 11.8 Å². The van der Waals surface area contributed by atoms with E-state index < -0.39 is 0 Å². The highest BCUT2D eigenvalue weighted by molar-refractivity contribution is 6.18. The van der Waals surface area contributed by atoms with E-state index in [1.54, 1.807) is 0 Å². The van der Waals surface area contributed by atoms with Gasteiger partial charge in [0.25, 0.3) is 0 Å². The van der Waals surface area contributed by atoms with Gasteiger partial charge in [-0.05, 0) is 12.0 Å². The SMILES string of the molecule is CCCC(=O)O[C@H](CCl)c1ccccc1. The summed E-state index contributed by atoms with van der Waals surface area (Å²) in [6.45, 7) is 1.94. The Morgan fingerprint density at radius 2 is 2.07 bits per heavy atom. The molecule has 0 N–H and O–H groups in total. The van der Waals surface area contributed by atoms with Crippen LogP contribution in [0.15, 0.2) is 30.3 Å². The molecular formula is C12H15ClO2. The van der Waals surface area contributed by atoms with Gasteiger partial charge in [-0.3, -0.25) is 4.79 Å². The van der Waals surface area contributed by atoms with Crippen molar-refractivity contribution in [3.8, 4) is 0 Å². The summed E-state index contributed by atoms with van der Waals surface area (Å²) in [6.07, 6.45) is 0.912. The molecule has 0 saturated carbocycles. The van der Waals surface area contributed by atoms with Crippen molar-refractivity contribution in [1.29, 1.82) is 0 Å². The number of benzene rings is 1. The lowest BCUT2D eigenvalue weighted by Crippen LogP contribution is -2.12. The number of esters is 1. The van der Waals surface area contributed by atoms with Crippen LogP contribution in [0.4, 0.5) is 0 Å². The molecule has 1 atom stereocenters. The number of ether oxygens (including phenoxy) is 1. The molecule has 0 radical (unpaired) electrons. The van der Waals surface area contributed by atoms with Crippen LogP contribution in [0.25, 0.3) is 0 Å². The van der Waals surface area contributed by atoms with Crippen molar-refractivity contribution in [2.45, 2.75) is 25.9 Å². The zero-order chi connectivity index (χ0) is 11.1. The fourth-order valence-corrected chi connectivity index (χ4v) is 1.52. The minimum Gasteiger partial charge on any atom is -0.456 e. The maximum atomic E-state index is 11.3. The Hall–Kier alpha value is -1.02. The van der Waals surface area contributed by atoms with Gasteiger partial charge in [0.15, 0.2) is 0 Å². The molecule has 1 rings (SSSR count). The van der Waals surface area contributed by atoms with Crippen LogP contribution in [0.2, 0.25) is 0 Å². The Morgan fingerprint density at radius 1 is 1.40 bits per heavy atom. The predicted octanol–water partition coefficient (Wildman–Crippen LogP) is 3.31. The lowest BCUT2D eigenvalue weighted by molar-refractivity contribution is -0.148. The van der Waals surface area contributed by atoms with Crippen LogP contribution in [0.1, 0.15) is 31.4 Å². The second-order valence-corrected chi connectivity index (χ2v) is 3.60. The number of halogens is 1. The molecular weight excluding hydrogens is 212 g/mol. The molecule has 0 heterocycles. The third-order valence-electron chi connectivity index (χ3n) is 2.04. The molecule has 15 heavy (non-hydrogen) atoms. The van der Waals surface area contributed by atoms with Gasteiger partial charge < -0.3 is 4.74 Å². The predicted molar refractivity (Wildman–Crippen MR) is 60.9 cm³/mol. The quantitative estimate of drug-likeness (QED) is 0.569. The second kappa shape index (κ2) is 6.46. The van der Waals surface area contributed by atoms with Crippen molar-refractivity contribution in [2.75, 3.05) is 5.88 Å². The van der Waals surface area contributed by atoms with Crippen LogP contribution in [-0.2, 0) is 9.53 Å². The Morgan fingerprint density at radius 3 is 2.60 bits per heavy atom. The monoisotopic (exact) mass is 226 g/mol. The van der Waals surface area contributed by atoms with Crippen molar-refractivity contribution in [2.24, 2.45) is 0 Å². The van der Waals surface area contributed by atoms with Gasteiger partial charge in [0.1, 0.15) is 6.10 Å². The highest BCUT2D eigenvalue weighted by atomic mass is 35.5. The third kappa shape index (κ3) is 3.92.